The third-order valence-electron chi connectivity index (χ3n) is 4.27. The van der Waals surface area contributed by atoms with E-state index in [1.54, 1.807) is 18.2 Å². The highest BCUT2D eigenvalue weighted by Gasteiger charge is 2.27. The van der Waals surface area contributed by atoms with E-state index in [2.05, 4.69) is 0 Å². The van der Waals surface area contributed by atoms with Crippen molar-refractivity contribution in [2.45, 2.75) is 0 Å². The van der Waals surface area contributed by atoms with Gasteiger partial charge in [-0.05, 0) is 48.0 Å². The second-order valence-corrected chi connectivity index (χ2v) is 6.29. The van der Waals surface area contributed by atoms with E-state index in [9.17, 15) is 14.0 Å². The molecule has 0 amide bonds. The summed E-state index contributed by atoms with van der Waals surface area (Å²) >= 11 is 0. The summed E-state index contributed by atoms with van der Waals surface area (Å²) in [6.07, 6.45) is 5.20. The molecule has 0 radical (unpaired) electrons. The standard InChI is InChI=1S/C24H15FO4/c25-18-11-9-17(10-12-18)24(27)28-19-13-14-20-22(15-19)29-21(23(20)26)8-4-7-16-5-2-1-3-6-16/h1-15H/b7-4+,21-8-. The van der Waals surface area contributed by atoms with E-state index < -0.39 is 11.8 Å². The number of carbonyl (C=O) groups is 2. The van der Waals surface area contributed by atoms with Crippen LogP contribution >= 0.6 is 0 Å². The van der Waals surface area contributed by atoms with Crippen molar-refractivity contribution in [1.82, 2.24) is 0 Å². The van der Waals surface area contributed by atoms with Crippen LogP contribution in [0, 0.1) is 5.82 Å². The molecule has 0 atom stereocenters. The average Bonchev–Trinajstić information content (AvgIpc) is 3.04. The number of fused-ring (bicyclic) bond motifs is 1. The van der Waals surface area contributed by atoms with Gasteiger partial charge < -0.3 is 9.47 Å². The number of hydrogen-bond acceptors (Lipinski definition) is 4. The quantitative estimate of drug-likeness (QED) is 0.351. The molecule has 0 bridgehead atoms. The number of esters is 1. The van der Waals surface area contributed by atoms with Gasteiger partial charge >= 0.3 is 5.97 Å². The maximum atomic E-state index is 13.0. The maximum absolute atomic E-state index is 13.0. The van der Waals surface area contributed by atoms with Crippen molar-refractivity contribution in [2.24, 2.45) is 0 Å². The molecule has 1 heterocycles. The van der Waals surface area contributed by atoms with E-state index in [4.69, 9.17) is 9.47 Å². The Morgan fingerprint density at radius 2 is 1.72 bits per heavy atom. The zero-order valence-corrected chi connectivity index (χ0v) is 15.2. The highest BCUT2D eigenvalue weighted by atomic mass is 19.1. The predicted molar refractivity (Wildman–Crippen MR) is 106 cm³/mol. The molecule has 29 heavy (non-hydrogen) atoms. The summed E-state index contributed by atoms with van der Waals surface area (Å²) in [6, 6.07) is 19.3. The molecule has 0 saturated heterocycles. The first-order chi connectivity index (χ1) is 14.1. The summed E-state index contributed by atoms with van der Waals surface area (Å²) in [5.41, 5.74) is 1.61. The second-order valence-electron chi connectivity index (χ2n) is 6.29. The SMILES string of the molecule is O=C(Oc1ccc2c(c1)O/C(=C\C=C\c1ccccc1)C2=O)c1ccc(F)cc1. The van der Waals surface area contributed by atoms with Crippen LogP contribution in [0.2, 0.25) is 0 Å². The molecule has 1 aliphatic heterocycles. The lowest BCUT2D eigenvalue weighted by Gasteiger charge is -2.05. The van der Waals surface area contributed by atoms with Crippen molar-refractivity contribution >= 4 is 17.8 Å². The lowest BCUT2D eigenvalue weighted by Crippen LogP contribution is -2.08. The molecular weight excluding hydrogens is 371 g/mol. The van der Waals surface area contributed by atoms with Gasteiger partial charge in [-0.25, -0.2) is 9.18 Å². The number of benzene rings is 3. The maximum Gasteiger partial charge on any atom is 0.343 e. The van der Waals surface area contributed by atoms with Crippen molar-refractivity contribution in [2.75, 3.05) is 0 Å². The smallest absolute Gasteiger partial charge is 0.343 e. The molecule has 0 spiro atoms. The third-order valence-corrected chi connectivity index (χ3v) is 4.27. The Kier molecular flexibility index (Phi) is 5.03. The number of allylic oxidation sites excluding steroid dienone is 3. The molecule has 3 aromatic rings. The van der Waals surface area contributed by atoms with Gasteiger partial charge in [-0.3, -0.25) is 4.79 Å². The molecule has 0 saturated carbocycles. The van der Waals surface area contributed by atoms with Crippen LogP contribution in [-0.2, 0) is 0 Å². The van der Waals surface area contributed by atoms with Crippen molar-refractivity contribution in [3.8, 4) is 11.5 Å². The zero-order valence-electron chi connectivity index (χ0n) is 15.2. The van der Waals surface area contributed by atoms with Crippen LogP contribution in [0.1, 0.15) is 26.3 Å². The van der Waals surface area contributed by atoms with Crippen LogP contribution in [0.25, 0.3) is 6.08 Å². The van der Waals surface area contributed by atoms with Crippen LogP contribution in [0.3, 0.4) is 0 Å². The number of carbonyl (C=O) groups excluding carboxylic acids is 2. The Bertz CT molecular complexity index is 1130. The van der Waals surface area contributed by atoms with Gasteiger partial charge in [0.15, 0.2) is 5.76 Å². The van der Waals surface area contributed by atoms with Gasteiger partial charge in [0.2, 0.25) is 5.78 Å². The predicted octanol–water partition coefficient (Wildman–Crippen LogP) is 5.22. The van der Waals surface area contributed by atoms with E-state index in [1.807, 2.05) is 36.4 Å². The molecule has 0 aliphatic carbocycles. The molecule has 4 rings (SSSR count). The molecule has 4 nitrogen and oxygen atoms in total. The Balaban J connectivity index is 1.48. The fraction of sp³-hybridized carbons (Fsp3) is 0. The summed E-state index contributed by atoms with van der Waals surface area (Å²) < 4.78 is 23.9. The van der Waals surface area contributed by atoms with Gasteiger partial charge in [-0.1, -0.05) is 42.5 Å². The van der Waals surface area contributed by atoms with E-state index >= 15 is 0 Å². The zero-order chi connectivity index (χ0) is 20.2. The highest BCUT2D eigenvalue weighted by Crippen LogP contribution is 2.34. The van der Waals surface area contributed by atoms with E-state index in [0.29, 0.717) is 11.3 Å². The summed E-state index contributed by atoms with van der Waals surface area (Å²) in [7, 11) is 0. The number of halogens is 1. The third kappa shape index (κ3) is 4.14. The second kappa shape index (κ2) is 7.94. The molecule has 3 aromatic carbocycles. The molecular formula is C24H15FO4. The van der Waals surface area contributed by atoms with Crippen LogP contribution < -0.4 is 9.47 Å². The molecule has 0 unspecified atom stereocenters. The lowest BCUT2D eigenvalue weighted by atomic mass is 10.1. The van der Waals surface area contributed by atoms with Crippen molar-refractivity contribution in [3.63, 3.8) is 0 Å². The molecule has 1 aliphatic rings. The Hall–Kier alpha value is -3.99. The van der Waals surface area contributed by atoms with Gasteiger partial charge in [0.25, 0.3) is 0 Å². The van der Waals surface area contributed by atoms with Gasteiger partial charge in [-0.15, -0.1) is 0 Å². The fourth-order valence-corrected chi connectivity index (χ4v) is 2.81. The summed E-state index contributed by atoms with van der Waals surface area (Å²) in [5.74, 6) is -0.573. The van der Waals surface area contributed by atoms with E-state index in [0.717, 1.165) is 5.56 Å². The van der Waals surface area contributed by atoms with Crippen LogP contribution in [-0.4, -0.2) is 11.8 Å². The first kappa shape index (κ1) is 18.4. The molecule has 0 fully saturated rings. The van der Waals surface area contributed by atoms with Crippen LogP contribution in [0.4, 0.5) is 4.39 Å². The number of ether oxygens (including phenoxy) is 2. The first-order valence-electron chi connectivity index (χ1n) is 8.88. The topological polar surface area (TPSA) is 52.6 Å². The first-order valence-corrected chi connectivity index (χ1v) is 8.88. The highest BCUT2D eigenvalue weighted by molar-refractivity contribution is 6.12. The molecule has 5 heteroatoms. The largest absolute Gasteiger partial charge is 0.452 e. The summed E-state index contributed by atoms with van der Waals surface area (Å²) in [5, 5.41) is 0. The van der Waals surface area contributed by atoms with Crippen LogP contribution in [0.5, 0.6) is 11.5 Å². The molecule has 0 aromatic heterocycles. The van der Waals surface area contributed by atoms with E-state index in [-0.39, 0.29) is 22.9 Å². The van der Waals surface area contributed by atoms with Gasteiger partial charge in [-0.2, -0.15) is 0 Å². The number of hydrogen-bond donors (Lipinski definition) is 0. The van der Waals surface area contributed by atoms with Gasteiger partial charge in [0.1, 0.15) is 17.3 Å². The number of ketones is 1. The van der Waals surface area contributed by atoms with E-state index in [1.165, 1.54) is 36.4 Å². The monoisotopic (exact) mass is 386 g/mol. The Labute approximate surface area is 166 Å². The van der Waals surface area contributed by atoms with Gasteiger partial charge in [0.05, 0.1) is 11.1 Å². The molecule has 0 N–H and O–H groups in total. The molecule has 142 valence electrons. The lowest BCUT2D eigenvalue weighted by molar-refractivity contribution is 0.0734. The van der Waals surface area contributed by atoms with Crippen molar-refractivity contribution < 1.29 is 23.5 Å². The Morgan fingerprint density at radius 3 is 2.48 bits per heavy atom. The minimum atomic E-state index is -0.629. The van der Waals surface area contributed by atoms with Crippen LogP contribution in [0.15, 0.2) is 90.7 Å². The summed E-state index contributed by atoms with van der Waals surface area (Å²) in [4.78, 5) is 24.6. The number of rotatable bonds is 4. The van der Waals surface area contributed by atoms with Crippen molar-refractivity contribution in [3.05, 3.63) is 113 Å². The van der Waals surface area contributed by atoms with Gasteiger partial charge in [0, 0.05) is 6.07 Å². The normalized spacial score (nSPS) is 14.1. The minimum Gasteiger partial charge on any atom is -0.452 e. The van der Waals surface area contributed by atoms with Crippen molar-refractivity contribution in [1.29, 1.82) is 0 Å². The fourth-order valence-electron chi connectivity index (χ4n) is 2.81. The summed E-state index contributed by atoms with van der Waals surface area (Å²) in [6.45, 7) is 0. The number of Topliss-reactive ketones (excluding diaryl/α,β-unsaturated/α-hetero) is 1. The Morgan fingerprint density at radius 1 is 0.966 bits per heavy atom. The average molecular weight is 386 g/mol. The minimum absolute atomic E-state index is 0.189.